The number of ether oxygens (including phenoxy) is 1. The van der Waals surface area contributed by atoms with Gasteiger partial charge in [0.05, 0.1) is 6.61 Å². The van der Waals surface area contributed by atoms with Crippen molar-refractivity contribution < 1.29 is 4.74 Å². The second kappa shape index (κ2) is 6.58. The Kier molecular flexibility index (Phi) is 5.34. The Labute approximate surface area is 94.6 Å². The SMILES string of the molecule is CCN(CC)c1nsc(NCCOC)n1. The van der Waals surface area contributed by atoms with Crippen LogP contribution >= 0.6 is 11.5 Å². The zero-order chi connectivity index (χ0) is 11.1. The molecule has 0 aliphatic carbocycles. The second-order valence-electron chi connectivity index (χ2n) is 2.99. The van der Waals surface area contributed by atoms with E-state index in [1.165, 1.54) is 11.5 Å². The van der Waals surface area contributed by atoms with Crippen molar-refractivity contribution >= 4 is 22.6 Å². The van der Waals surface area contributed by atoms with Crippen molar-refractivity contribution in [3.63, 3.8) is 0 Å². The molecule has 0 aromatic carbocycles. The van der Waals surface area contributed by atoms with E-state index in [1.54, 1.807) is 7.11 Å². The second-order valence-corrected chi connectivity index (χ2v) is 3.74. The van der Waals surface area contributed by atoms with Gasteiger partial charge in [0.25, 0.3) is 0 Å². The molecule has 1 heterocycles. The van der Waals surface area contributed by atoms with Crippen LogP contribution in [0.5, 0.6) is 0 Å². The van der Waals surface area contributed by atoms with Crippen molar-refractivity contribution in [2.75, 3.05) is 43.6 Å². The van der Waals surface area contributed by atoms with Crippen molar-refractivity contribution in [1.82, 2.24) is 9.36 Å². The fourth-order valence-corrected chi connectivity index (χ4v) is 1.80. The van der Waals surface area contributed by atoms with E-state index in [9.17, 15) is 0 Å². The Morgan fingerprint density at radius 3 is 2.73 bits per heavy atom. The van der Waals surface area contributed by atoms with E-state index in [4.69, 9.17) is 4.74 Å². The summed E-state index contributed by atoms with van der Waals surface area (Å²) in [5.41, 5.74) is 0. The lowest BCUT2D eigenvalue weighted by molar-refractivity contribution is 0.211. The molecule has 0 spiro atoms. The van der Waals surface area contributed by atoms with Gasteiger partial charge in [-0.05, 0) is 13.8 Å². The van der Waals surface area contributed by atoms with Crippen molar-refractivity contribution in [2.24, 2.45) is 0 Å². The summed E-state index contributed by atoms with van der Waals surface area (Å²) in [7, 11) is 1.68. The average molecular weight is 230 g/mol. The van der Waals surface area contributed by atoms with Crippen molar-refractivity contribution in [3.8, 4) is 0 Å². The van der Waals surface area contributed by atoms with Crippen LogP contribution in [0.25, 0.3) is 0 Å². The van der Waals surface area contributed by atoms with Gasteiger partial charge in [-0.3, -0.25) is 0 Å². The van der Waals surface area contributed by atoms with E-state index in [0.717, 1.165) is 30.7 Å². The van der Waals surface area contributed by atoms with Gasteiger partial charge in [0, 0.05) is 38.3 Å². The van der Waals surface area contributed by atoms with E-state index in [1.807, 2.05) is 0 Å². The van der Waals surface area contributed by atoms with E-state index >= 15 is 0 Å². The van der Waals surface area contributed by atoms with Gasteiger partial charge in [0.2, 0.25) is 11.1 Å². The summed E-state index contributed by atoms with van der Waals surface area (Å²) in [4.78, 5) is 6.51. The average Bonchev–Trinajstić information content (AvgIpc) is 2.69. The van der Waals surface area contributed by atoms with Gasteiger partial charge in [0.15, 0.2) is 0 Å². The lowest BCUT2D eigenvalue weighted by Gasteiger charge is -2.15. The molecule has 0 unspecified atom stereocenters. The molecule has 0 aliphatic rings. The first-order chi connectivity index (χ1) is 7.31. The molecule has 5 nitrogen and oxygen atoms in total. The highest BCUT2D eigenvalue weighted by Gasteiger charge is 2.08. The molecule has 0 aliphatic heterocycles. The van der Waals surface area contributed by atoms with Crippen molar-refractivity contribution in [2.45, 2.75) is 13.8 Å². The Morgan fingerprint density at radius 1 is 1.40 bits per heavy atom. The number of rotatable bonds is 7. The third-order valence-electron chi connectivity index (χ3n) is 2.04. The highest BCUT2D eigenvalue weighted by Crippen LogP contribution is 2.17. The van der Waals surface area contributed by atoms with Crippen LogP contribution in [0.3, 0.4) is 0 Å². The van der Waals surface area contributed by atoms with Crippen LogP contribution in [0.2, 0.25) is 0 Å². The van der Waals surface area contributed by atoms with E-state index < -0.39 is 0 Å². The minimum atomic E-state index is 0.681. The summed E-state index contributed by atoms with van der Waals surface area (Å²) < 4.78 is 9.23. The first-order valence-corrected chi connectivity index (χ1v) is 5.90. The Balaban J connectivity index is 2.47. The van der Waals surface area contributed by atoms with E-state index in [2.05, 4.69) is 33.4 Å². The summed E-state index contributed by atoms with van der Waals surface area (Å²) in [5.74, 6) is 0.810. The monoisotopic (exact) mass is 230 g/mol. The van der Waals surface area contributed by atoms with E-state index in [0.29, 0.717) is 6.61 Å². The number of nitrogens with one attached hydrogen (secondary N) is 1. The lowest BCUT2D eigenvalue weighted by atomic mass is 10.5. The zero-order valence-electron chi connectivity index (χ0n) is 9.49. The van der Waals surface area contributed by atoms with Crippen LogP contribution < -0.4 is 10.2 Å². The number of hydrogen-bond donors (Lipinski definition) is 1. The quantitative estimate of drug-likeness (QED) is 0.718. The minimum absolute atomic E-state index is 0.681. The Morgan fingerprint density at radius 2 is 2.13 bits per heavy atom. The molecule has 1 rings (SSSR count). The molecule has 0 atom stereocenters. The molecule has 1 N–H and O–H groups in total. The van der Waals surface area contributed by atoms with Crippen molar-refractivity contribution in [3.05, 3.63) is 0 Å². The van der Waals surface area contributed by atoms with Gasteiger partial charge in [-0.15, -0.1) is 0 Å². The summed E-state index contributed by atoms with van der Waals surface area (Å²) in [6.07, 6.45) is 0. The van der Waals surface area contributed by atoms with Crippen LogP contribution in [0.4, 0.5) is 11.1 Å². The van der Waals surface area contributed by atoms with E-state index in [-0.39, 0.29) is 0 Å². The molecule has 0 fully saturated rings. The normalized spacial score (nSPS) is 10.3. The fourth-order valence-electron chi connectivity index (χ4n) is 1.18. The van der Waals surface area contributed by atoms with Crippen LogP contribution in [0.1, 0.15) is 13.8 Å². The largest absolute Gasteiger partial charge is 0.383 e. The third-order valence-corrected chi connectivity index (χ3v) is 2.71. The van der Waals surface area contributed by atoms with Gasteiger partial charge >= 0.3 is 0 Å². The minimum Gasteiger partial charge on any atom is -0.383 e. The highest BCUT2D eigenvalue weighted by molar-refractivity contribution is 7.09. The molecule has 0 saturated carbocycles. The number of nitrogens with zero attached hydrogens (tertiary/aromatic N) is 3. The van der Waals surface area contributed by atoms with Gasteiger partial charge in [-0.1, -0.05) is 0 Å². The molecule has 0 bridgehead atoms. The molecule has 1 aromatic heterocycles. The molecule has 86 valence electrons. The Hall–Kier alpha value is -0.880. The maximum atomic E-state index is 4.94. The molecule has 0 saturated heterocycles. The fraction of sp³-hybridized carbons (Fsp3) is 0.778. The molecule has 0 radical (unpaired) electrons. The Bertz CT molecular complexity index is 275. The molecular weight excluding hydrogens is 212 g/mol. The predicted octanol–water partition coefficient (Wildman–Crippen LogP) is 1.44. The number of methoxy groups -OCH3 is 1. The van der Waals surface area contributed by atoms with Gasteiger partial charge < -0.3 is 15.0 Å². The van der Waals surface area contributed by atoms with Crippen LogP contribution in [-0.2, 0) is 4.74 Å². The molecule has 6 heteroatoms. The first kappa shape index (κ1) is 12.2. The summed E-state index contributed by atoms with van der Waals surface area (Å²) >= 11 is 1.39. The van der Waals surface area contributed by atoms with Crippen LogP contribution in [-0.4, -0.2) is 42.7 Å². The predicted molar refractivity (Wildman–Crippen MR) is 63.8 cm³/mol. The van der Waals surface area contributed by atoms with Gasteiger partial charge in [-0.2, -0.15) is 9.36 Å². The molecular formula is C9H18N4OS. The molecule has 0 amide bonds. The van der Waals surface area contributed by atoms with Crippen LogP contribution in [0, 0.1) is 0 Å². The maximum Gasteiger partial charge on any atom is 0.239 e. The number of aromatic nitrogens is 2. The summed E-state index contributed by atoms with van der Waals surface area (Å²) in [6.45, 7) is 7.52. The van der Waals surface area contributed by atoms with Crippen LogP contribution in [0.15, 0.2) is 0 Å². The molecule has 15 heavy (non-hydrogen) atoms. The first-order valence-electron chi connectivity index (χ1n) is 5.13. The maximum absolute atomic E-state index is 4.94. The third kappa shape index (κ3) is 3.64. The van der Waals surface area contributed by atoms with Gasteiger partial charge in [0.1, 0.15) is 0 Å². The summed E-state index contributed by atoms with van der Waals surface area (Å²) in [5, 5.41) is 4.02. The highest BCUT2D eigenvalue weighted by atomic mass is 32.1. The van der Waals surface area contributed by atoms with Crippen molar-refractivity contribution in [1.29, 1.82) is 0 Å². The van der Waals surface area contributed by atoms with Gasteiger partial charge in [-0.25, -0.2) is 0 Å². The topological polar surface area (TPSA) is 50.3 Å². The zero-order valence-corrected chi connectivity index (χ0v) is 10.3. The molecule has 1 aromatic rings. The lowest BCUT2D eigenvalue weighted by Crippen LogP contribution is -2.23. The smallest absolute Gasteiger partial charge is 0.239 e. The number of hydrogen-bond acceptors (Lipinski definition) is 6. The summed E-state index contributed by atoms with van der Waals surface area (Å²) in [6, 6.07) is 0. The number of anilines is 2. The standard InChI is InChI=1S/C9H18N4OS/c1-4-13(5-2)8-11-9(15-12-8)10-6-7-14-3/h4-7H2,1-3H3,(H,10,11,12).